The van der Waals surface area contributed by atoms with Gasteiger partial charge in [0.15, 0.2) is 0 Å². The summed E-state index contributed by atoms with van der Waals surface area (Å²) in [6.45, 7) is 0.622. The van der Waals surface area contributed by atoms with Gasteiger partial charge in [0.25, 0.3) is 0 Å². The number of nitrogens with zero attached hydrogens (tertiary/aromatic N) is 3. The average Bonchev–Trinajstić information content (AvgIpc) is 3.40. The maximum atomic E-state index is 12.1. The molecule has 2 aromatic heterocycles. The minimum absolute atomic E-state index is 0.0119. The molecule has 7 heteroatoms. The van der Waals surface area contributed by atoms with E-state index < -0.39 is 0 Å². The number of allylic oxidation sites excluding steroid dienone is 1. The number of hydrogen-bond acceptors (Lipinski definition) is 4. The van der Waals surface area contributed by atoms with Crippen molar-refractivity contribution in [2.45, 2.75) is 32.1 Å². The van der Waals surface area contributed by atoms with E-state index in [1.165, 1.54) is 0 Å². The van der Waals surface area contributed by atoms with Crippen LogP contribution in [0.5, 0.6) is 0 Å². The lowest BCUT2D eigenvalue weighted by molar-refractivity contribution is -0.127. The van der Waals surface area contributed by atoms with E-state index in [-0.39, 0.29) is 24.2 Å². The molecule has 0 atom stereocenters. The van der Waals surface area contributed by atoms with Crippen molar-refractivity contribution in [3.05, 3.63) is 30.1 Å². The van der Waals surface area contributed by atoms with E-state index in [4.69, 9.17) is 5.26 Å². The zero-order valence-electron chi connectivity index (χ0n) is 14.3. The molecule has 0 radical (unpaired) electrons. The number of rotatable bonds is 4. The number of fused-ring (bicyclic) bond motifs is 1. The molecule has 26 heavy (non-hydrogen) atoms. The normalized spacial score (nSPS) is 16.9. The minimum atomic E-state index is -0.189. The molecule has 4 rings (SSSR count). The van der Waals surface area contributed by atoms with E-state index in [2.05, 4.69) is 15.3 Å². The van der Waals surface area contributed by atoms with Crippen LogP contribution in [0.2, 0.25) is 0 Å². The molecule has 0 spiro atoms. The fourth-order valence-corrected chi connectivity index (χ4v) is 3.27. The number of aromatic nitrogens is 2. The highest BCUT2D eigenvalue weighted by Gasteiger charge is 2.30. The Kier molecular flexibility index (Phi) is 4.17. The summed E-state index contributed by atoms with van der Waals surface area (Å²) < 4.78 is 0. The predicted molar refractivity (Wildman–Crippen MR) is 96.6 cm³/mol. The first kappa shape index (κ1) is 16.3. The van der Waals surface area contributed by atoms with E-state index in [1.54, 1.807) is 4.90 Å². The highest BCUT2D eigenvalue weighted by atomic mass is 16.2. The summed E-state index contributed by atoms with van der Waals surface area (Å²) in [6.07, 6.45) is 7.06. The van der Waals surface area contributed by atoms with Crippen LogP contribution < -0.4 is 5.32 Å². The number of carbonyl (C=O) groups is 2. The van der Waals surface area contributed by atoms with Crippen molar-refractivity contribution in [2.75, 3.05) is 11.9 Å². The molecule has 7 nitrogen and oxygen atoms in total. The SMILES string of the molecule is N#CCC(=O)N1C=C(c2cc(NC(=O)C3CC3)nc3[nH]ccc23)CCC1. The molecule has 1 fully saturated rings. The van der Waals surface area contributed by atoms with Crippen molar-refractivity contribution < 1.29 is 9.59 Å². The Morgan fingerprint density at radius 3 is 3.04 bits per heavy atom. The molecule has 0 aromatic carbocycles. The molecule has 1 aliphatic carbocycles. The maximum absolute atomic E-state index is 12.1. The number of nitrogens with one attached hydrogen (secondary N) is 2. The Balaban J connectivity index is 1.70. The summed E-state index contributed by atoms with van der Waals surface area (Å²) in [5, 5.41) is 12.6. The van der Waals surface area contributed by atoms with Crippen LogP contribution >= 0.6 is 0 Å². The second kappa shape index (κ2) is 6.64. The quantitative estimate of drug-likeness (QED) is 0.886. The highest BCUT2D eigenvalue weighted by Crippen LogP contribution is 2.33. The first-order valence-corrected chi connectivity index (χ1v) is 8.82. The van der Waals surface area contributed by atoms with Gasteiger partial charge in [-0.3, -0.25) is 9.59 Å². The van der Waals surface area contributed by atoms with Gasteiger partial charge in [-0.05, 0) is 49.0 Å². The third kappa shape index (κ3) is 3.18. The number of anilines is 1. The zero-order chi connectivity index (χ0) is 18.1. The van der Waals surface area contributed by atoms with Crippen molar-refractivity contribution >= 4 is 34.2 Å². The third-order valence-corrected chi connectivity index (χ3v) is 4.78. The van der Waals surface area contributed by atoms with Crippen molar-refractivity contribution in [1.29, 1.82) is 5.26 Å². The van der Waals surface area contributed by atoms with Crippen LogP contribution in [-0.2, 0) is 9.59 Å². The molecular formula is C19H19N5O2. The van der Waals surface area contributed by atoms with Crippen LogP contribution in [0.25, 0.3) is 16.6 Å². The van der Waals surface area contributed by atoms with Crippen LogP contribution in [0, 0.1) is 17.2 Å². The maximum Gasteiger partial charge on any atom is 0.240 e. The van der Waals surface area contributed by atoms with Gasteiger partial charge >= 0.3 is 0 Å². The fraction of sp³-hybridized carbons (Fsp3) is 0.368. The molecule has 2 aromatic rings. The standard InChI is InChI=1S/C19H19N5O2/c20-7-5-17(25)24-9-1-2-13(11-24)15-10-16(23-19(26)12-3-4-12)22-18-14(15)6-8-21-18/h6,8,10-12H,1-5,9H2,(H2,21,22,23,26). The van der Waals surface area contributed by atoms with E-state index >= 15 is 0 Å². The predicted octanol–water partition coefficient (Wildman–Crippen LogP) is 2.79. The lowest BCUT2D eigenvalue weighted by atomic mass is 9.97. The van der Waals surface area contributed by atoms with E-state index in [1.807, 2.05) is 30.6 Å². The number of pyridine rings is 1. The number of hydrogen-bond donors (Lipinski definition) is 2. The number of carbonyl (C=O) groups excluding carboxylic acids is 2. The lowest BCUT2D eigenvalue weighted by Crippen LogP contribution is -2.29. The Morgan fingerprint density at radius 1 is 1.42 bits per heavy atom. The van der Waals surface area contributed by atoms with E-state index in [0.717, 1.165) is 42.2 Å². The Bertz CT molecular complexity index is 948. The second-order valence-electron chi connectivity index (χ2n) is 6.74. The first-order chi connectivity index (χ1) is 12.7. The summed E-state index contributed by atoms with van der Waals surface area (Å²) in [5.41, 5.74) is 2.67. The van der Waals surface area contributed by atoms with Gasteiger partial charge in [-0.25, -0.2) is 4.98 Å². The van der Waals surface area contributed by atoms with Gasteiger partial charge in [-0.1, -0.05) is 0 Å². The van der Waals surface area contributed by atoms with Gasteiger partial charge in [0, 0.05) is 30.2 Å². The van der Waals surface area contributed by atoms with E-state index in [9.17, 15) is 9.59 Å². The van der Waals surface area contributed by atoms with Gasteiger partial charge in [0.2, 0.25) is 11.8 Å². The van der Waals surface area contributed by atoms with Gasteiger partial charge in [0.05, 0.1) is 6.07 Å². The zero-order valence-corrected chi connectivity index (χ0v) is 14.3. The van der Waals surface area contributed by atoms with Crippen molar-refractivity contribution in [3.63, 3.8) is 0 Å². The highest BCUT2D eigenvalue weighted by molar-refractivity contribution is 5.97. The molecule has 1 aliphatic heterocycles. The number of nitriles is 1. The van der Waals surface area contributed by atoms with Crippen molar-refractivity contribution in [2.24, 2.45) is 5.92 Å². The van der Waals surface area contributed by atoms with Crippen molar-refractivity contribution in [3.8, 4) is 6.07 Å². The molecule has 2 N–H and O–H groups in total. The lowest BCUT2D eigenvalue weighted by Gasteiger charge is -2.25. The number of H-pyrrole nitrogens is 1. The topological polar surface area (TPSA) is 102 Å². The molecule has 0 unspecified atom stereocenters. The summed E-state index contributed by atoms with van der Waals surface area (Å²) >= 11 is 0. The molecule has 132 valence electrons. The number of amides is 2. The smallest absolute Gasteiger partial charge is 0.240 e. The monoisotopic (exact) mass is 349 g/mol. The average molecular weight is 349 g/mol. The first-order valence-electron chi connectivity index (χ1n) is 8.82. The molecular weight excluding hydrogens is 330 g/mol. The molecule has 0 saturated heterocycles. The van der Waals surface area contributed by atoms with Gasteiger partial charge in [0.1, 0.15) is 17.9 Å². The van der Waals surface area contributed by atoms with Gasteiger partial charge < -0.3 is 15.2 Å². The van der Waals surface area contributed by atoms with Gasteiger partial charge in [-0.2, -0.15) is 5.26 Å². The van der Waals surface area contributed by atoms with Crippen LogP contribution in [0.1, 0.15) is 37.7 Å². The third-order valence-electron chi connectivity index (χ3n) is 4.78. The largest absolute Gasteiger partial charge is 0.346 e. The second-order valence-corrected chi connectivity index (χ2v) is 6.74. The Hall–Kier alpha value is -3.14. The molecule has 1 saturated carbocycles. The van der Waals surface area contributed by atoms with Gasteiger partial charge in [-0.15, -0.1) is 0 Å². The van der Waals surface area contributed by atoms with Crippen LogP contribution in [-0.4, -0.2) is 33.2 Å². The summed E-state index contributed by atoms with van der Waals surface area (Å²) in [6, 6.07) is 5.73. The van der Waals surface area contributed by atoms with Crippen LogP contribution in [0.15, 0.2) is 24.5 Å². The van der Waals surface area contributed by atoms with Crippen LogP contribution in [0.3, 0.4) is 0 Å². The molecule has 3 heterocycles. The molecule has 2 amide bonds. The molecule has 2 aliphatic rings. The summed E-state index contributed by atoms with van der Waals surface area (Å²) in [7, 11) is 0. The fourth-order valence-electron chi connectivity index (χ4n) is 3.27. The molecule has 0 bridgehead atoms. The van der Waals surface area contributed by atoms with E-state index in [0.29, 0.717) is 18.0 Å². The van der Waals surface area contributed by atoms with Crippen LogP contribution in [0.4, 0.5) is 5.82 Å². The summed E-state index contributed by atoms with van der Waals surface area (Å²) in [4.78, 5) is 33.4. The number of aromatic amines is 1. The Labute approximate surface area is 150 Å². The summed E-state index contributed by atoms with van der Waals surface area (Å²) in [5.74, 6) is 0.449. The van der Waals surface area contributed by atoms with Crippen molar-refractivity contribution in [1.82, 2.24) is 14.9 Å². The Morgan fingerprint density at radius 2 is 2.27 bits per heavy atom. The minimum Gasteiger partial charge on any atom is -0.346 e.